The third-order valence-corrected chi connectivity index (χ3v) is 2.66. The topological polar surface area (TPSA) is 64.3 Å². The quantitative estimate of drug-likeness (QED) is 0.750. The number of amides is 1. The number of hydrogen-bond donors (Lipinski definition) is 2. The Hall–Kier alpha value is -0.770. The summed E-state index contributed by atoms with van der Waals surface area (Å²) < 4.78 is 5.12. The lowest BCUT2D eigenvalue weighted by Crippen LogP contribution is -2.41. The highest BCUT2D eigenvalue weighted by atomic mass is 16.6. The Morgan fingerprint density at radius 1 is 1.47 bits per heavy atom. The average molecular weight is 214 g/mol. The highest BCUT2D eigenvalue weighted by Gasteiger charge is 2.26. The van der Waals surface area contributed by atoms with E-state index < -0.39 is 5.60 Å². The van der Waals surface area contributed by atoms with E-state index in [2.05, 4.69) is 5.32 Å². The number of carbonyl (C=O) groups is 1. The van der Waals surface area contributed by atoms with Crippen LogP contribution in [0.15, 0.2) is 0 Å². The number of rotatable bonds is 3. The molecule has 15 heavy (non-hydrogen) atoms. The van der Waals surface area contributed by atoms with Crippen molar-refractivity contribution in [1.82, 2.24) is 5.32 Å². The van der Waals surface area contributed by atoms with E-state index >= 15 is 0 Å². The molecule has 0 aromatic rings. The second kappa shape index (κ2) is 4.84. The lowest BCUT2D eigenvalue weighted by Gasteiger charge is -2.33. The maximum absolute atomic E-state index is 11.3. The minimum absolute atomic E-state index is 0.338. The van der Waals surface area contributed by atoms with Gasteiger partial charge in [-0.1, -0.05) is 0 Å². The van der Waals surface area contributed by atoms with Crippen molar-refractivity contribution in [2.45, 2.75) is 51.7 Å². The van der Waals surface area contributed by atoms with Crippen LogP contribution < -0.4 is 11.1 Å². The van der Waals surface area contributed by atoms with E-state index in [1.54, 1.807) is 0 Å². The molecule has 0 saturated heterocycles. The maximum atomic E-state index is 11.3. The van der Waals surface area contributed by atoms with Gasteiger partial charge in [-0.3, -0.25) is 0 Å². The van der Waals surface area contributed by atoms with Crippen LogP contribution in [0, 0.1) is 5.92 Å². The van der Waals surface area contributed by atoms with E-state index in [0.29, 0.717) is 18.5 Å². The molecule has 88 valence electrons. The van der Waals surface area contributed by atoms with Crippen LogP contribution in [-0.2, 0) is 4.74 Å². The molecule has 1 aliphatic rings. The summed E-state index contributed by atoms with van der Waals surface area (Å²) in [5, 5.41) is 2.74. The van der Waals surface area contributed by atoms with Gasteiger partial charge in [-0.25, -0.2) is 4.79 Å². The fourth-order valence-electron chi connectivity index (χ4n) is 1.63. The van der Waals surface area contributed by atoms with Crippen LogP contribution in [0.25, 0.3) is 0 Å². The van der Waals surface area contributed by atoms with Crippen LogP contribution in [0.2, 0.25) is 0 Å². The molecule has 0 radical (unpaired) electrons. The normalized spacial score (nSPS) is 25.6. The van der Waals surface area contributed by atoms with E-state index in [1.807, 2.05) is 20.8 Å². The van der Waals surface area contributed by atoms with Gasteiger partial charge in [0.15, 0.2) is 0 Å². The standard InChI is InChI=1S/C11H22N2O2/c1-11(2,3)15-10(14)13-7-6-8-4-5-9(8)12/h8-9H,4-7,12H2,1-3H3,(H,13,14). The van der Waals surface area contributed by atoms with E-state index in [0.717, 1.165) is 12.8 Å². The zero-order chi connectivity index (χ0) is 11.5. The zero-order valence-corrected chi connectivity index (χ0v) is 9.88. The molecular formula is C11H22N2O2. The summed E-state index contributed by atoms with van der Waals surface area (Å²) in [6.45, 7) is 6.23. The molecule has 1 saturated carbocycles. The zero-order valence-electron chi connectivity index (χ0n) is 9.88. The number of ether oxygens (including phenoxy) is 1. The van der Waals surface area contributed by atoms with Gasteiger partial charge in [0, 0.05) is 12.6 Å². The Morgan fingerprint density at radius 2 is 2.13 bits per heavy atom. The van der Waals surface area contributed by atoms with Crippen molar-refractivity contribution < 1.29 is 9.53 Å². The van der Waals surface area contributed by atoms with Crippen molar-refractivity contribution in [3.8, 4) is 0 Å². The Balaban J connectivity index is 2.07. The van der Waals surface area contributed by atoms with Crippen LogP contribution in [-0.4, -0.2) is 24.3 Å². The molecule has 1 fully saturated rings. The van der Waals surface area contributed by atoms with Gasteiger partial charge in [0.1, 0.15) is 5.60 Å². The van der Waals surface area contributed by atoms with Crippen molar-refractivity contribution in [3.63, 3.8) is 0 Å². The average Bonchev–Trinajstić information content (AvgIpc) is 2.07. The van der Waals surface area contributed by atoms with Crippen molar-refractivity contribution in [3.05, 3.63) is 0 Å². The molecule has 3 N–H and O–H groups in total. The van der Waals surface area contributed by atoms with Gasteiger partial charge in [0.25, 0.3) is 0 Å². The molecule has 0 bridgehead atoms. The third-order valence-electron chi connectivity index (χ3n) is 2.66. The molecule has 1 amide bonds. The number of hydrogen-bond acceptors (Lipinski definition) is 3. The number of nitrogens with one attached hydrogen (secondary N) is 1. The lowest BCUT2D eigenvalue weighted by atomic mass is 9.78. The SMILES string of the molecule is CC(C)(C)OC(=O)NCCC1CCC1N. The fourth-order valence-corrected chi connectivity index (χ4v) is 1.63. The second-order valence-corrected chi connectivity index (χ2v) is 5.22. The summed E-state index contributed by atoms with van der Waals surface area (Å²) >= 11 is 0. The van der Waals surface area contributed by atoms with E-state index in [-0.39, 0.29) is 6.09 Å². The van der Waals surface area contributed by atoms with E-state index in [4.69, 9.17) is 10.5 Å². The Morgan fingerprint density at radius 3 is 2.53 bits per heavy atom. The smallest absolute Gasteiger partial charge is 0.407 e. The molecule has 1 rings (SSSR count). The van der Waals surface area contributed by atoms with Crippen molar-refractivity contribution in [1.29, 1.82) is 0 Å². The van der Waals surface area contributed by atoms with Crippen LogP contribution >= 0.6 is 0 Å². The van der Waals surface area contributed by atoms with Gasteiger partial charge < -0.3 is 15.8 Å². The maximum Gasteiger partial charge on any atom is 0.407 e. The summed E-state index contributed by atoms with van der Waals surface area (Å²) in [5.74, 6) is 0.583. The van der Waals surface area contributed by atoms with Gasteiger partial charge in [-0.15, -0.1) is 0 Å². The molecule has 4 nitrogen and oxygen atoms in total. The van der Waals surface area contributed by atoms with Crippen LogP contribution in [0.3, 0.4) is 0 Å². The largest absolute Gasteiger partial charge is 0.444 e. The van der Waals surface area contributed by atoms with Crippen molar-refractivity contribution in [2.75, 3.05) is 6.54 Å². The van der Waals surface area contributed by atoms with Crippen molar-refractivity contribution >= 4 is 6.09 Å². The first-order chi connectivity index (χ1) is 6.88. The first-order valence-electron chi connectivity index (χ1n) is 5.61. The molecule has 0 heterocycles. The number of carbonyl (C=O) groups excluding carboxylic acids is 1. The molecule has 0 spiro atoms. The summed E-state index contributed by atoms with van der Waals surface area (Å²) in [6, 6.07) is 0.338. The van der Waals surface area contributed by atoms with Crippen LogP contribution in [0.4, 0.5) is 4.79 Å². The van der Waals surface area contributed by atoms with Gasteiger partial charge in [-0.05, 0) is 46.0 Å². The monoisotopic (exact) mass is 214 g/mol. The van der Waals surface area contributed by atoms with Gasteiger partial charge >= 0.3 is 6.09 Å². The number of alkyl carbamates (subject to hydrolysis) is 1. The molecule has 2 unspecified atom stereocenters. The molecule has 1 aliphatic carbocycles. The molecule has 0 aromatic carbocycles. The summed E-state index contributed by atoms with van der Waals surface area (Å²) in [4.78, 5) is 11.3. The molecule has 4 heteroatoms. The predicted molar refractivity (Wildman–Crippen MR) is 59.6 cm³/mol. The van der Waals surface area contributed by atoms with Crippen LogP contribution in [0.5, 0.6) is 0 Å². The Kier molecular flexibility index (Phi) is 3.97. The van der Waals surface area contributed by atoms with Gasteiger partial charge in [0.05, 0.1) is 0 Å². The van der Waals surface area contributed by atoms with Crippen LogP contribution in [0.1, 0.15) is 40.0 Å². The third kappa shape index (κ3) is 4.51. The second-order valence-electron chi connectivity index (χ2n) is 5.22. The summed E-state index contributed by atoms with van der Waals surface area (Å²) in [5.41, 5.74) is 5.38. The number of nitrogens with two attached hydrogens (primary N) is 1. The summed E-state index contributed by atoms with van der Waals surface area (Å²) in [7, 11) is 0. The molecule has 0 aliphatic heterocycles. The predicted octanol–water partition coefficient (Wildman–Crippen LogP) is 1.64. The minimum atomic E-state index is -0.420. The first-order valence-corrected chi connectivity index (χ1v) is 5.61. The summed E-state index contributed by atoms with van der Waals surface area (Å²) in [6.07, 6.45) is 2.93. The molecule has 0 aromatic heterocycles. The fraction of sp³-hybridized carbons (Fsp3) is 0.909. The first kappa shape index (κ1) is 12.3. The molecular weight excluding hydrogens is 192 g/mol. The molecule has 2 atom stereocenters. The van der Waals surface area contributed by atoms with Crippen molar-refractivity contribution in [2.24, 2.45) is 11.7 Å². The highest BCUT2D eigenvalue weighted by Crippen LogP contribution is 2.27. The Labute approximate surface area is 91.5 Å². The lowest BCUT2D eigenvalue weighted by molar-refractivity contribution is 0.0521. The highest BCUT2D eigenvalue weighted by molar-refractivity contribution is 5.67. The van der Waals surface area contributed by atoms with E-state index in [9.17, 15) is 4.79 Å². The van der Waals surface area contributed by atoms with E-state index in [1.165, 1.54) is 6.42 Å². The van der Waals surface area contributed by atoms with Gasteiger partial charge in [0.2, 0.25) is 0 Å². The van der Waals surface area contributed by atoms with Gasteiger partial charge in [-0.2, -0.15) is 0 Å². The Bertz CT molecular complexity index is 223. The minimum Gasteiger partial charge on any atom is -0.444 e.